The van der Waals surface area contributed by atoms with Gasteiger partial charge in [-0.15, -0.1) is 0 Å². The molecule has 168 valence electrons. The molecular formula is C24H25ClN2O4S. The van der Waals surface area contributed by atoms with Gasteiger partial charge in [-0.25, -0.2) is 8.42 Å². The van der Waals surface area contributed by atoms with Crippen LogP contribution < -0.4 is 14.4 Å². The minimum atomic E-state index is -3.96. The van der Waals surface area contributed by atoms with E-state index in [4.69, 9.17) is 16.3 Å². The zero-order chi connectivity index (χ0) is 23.1. The summed E-state index contributed by atoms with van der Waals surface area (Å²) >= 11 is 5.96. The topological polar surface area (TPSA) is 75.7 Å². The molecule has 32 heavy (non-hydrogen) atoms. The highest BCUT2D eigenvalue weighted by atomic mass is 35.5. The second-order valence-corrected chi connectivity index (χ2v) is 9.64. The largest absolute Gasteiger partial charge is 0.491 e. The van der Waals surface area contributed by atoms with Crippen molar-refractivity contribution >= 4 is 33.2 Å². The van der Waals surface area contributed by atoms with E-state index in [1.807, 2.05) is 31.2 Å². The molecule has 0 aliphatic rings. The Bertz CT molecular complexity index is 1150. The van der Waals surface area contributed by atoms with Crippen LogP contribution in [-0.2, 0) is 14.8 Å². The molecule has 6 nitrogen and oxygen atoms in total. The number of nitrogens with one attached hydrogen (secondary N) is 1. The maximum atomic E-state index is 13.3. The van der Waals surface area contributed by atoms with Crippen LogP contribution in [0.2, 0.25) is 5.02 Å². The molecule has 1 atom stereocenters. The van der Waals surface area contributed by atoms with Crippen LogP contribution in [0.1, 0.15) is 12.5 Å². The molecule has 0 spiro atoms. The molecule has 0 aromatic heterocycles. The summed E-state index contributed by atoms with van der Waals surface area (Å²) in [6.45, 7) is 3.61. The van der Waals surface area contributed by atoms with Crippen molar-refractivity contribution in [1.29, 1.82) is 0 Å². The van der Waals surface area contributed by atoms with Crippen molar-refractivity contribution in [2.75, 3.05) is 17.5 Å². The Morgan fingerprint density at radius 2 is 1.62 bits per heavy atom. The molecule has 0 radical (unpaired) electrons. The third-order valence-electron chi connectivity index (χ3n) is 4.72. The molecule has 0 aliphatic carbocycles. The van der Waals surface area contributed by atoms with E-state index in [9.17, 15) is 13.2 Å². The summed E-state index contributed by atoms with van der Waals surface area (Å²) in [6.07, 6.45) is 0. The van der Waals surface area contributed by atoms with Crippen LogP contribution in [0.5, 0.6) is 5.75 Å². The van der Waals surface area contributed by atoms with Gasteiger partial charge in [-0.1, -0.05) is 48.0 Å². The molecule has 0 heterocycles. The molecule has 0 saturated heterocycles. The van der Waals surface area contributed by atoms with Gasteiger partial charge in [-0.05, 0) is 61.9 Å². The number of para-hydroxylation sites is 1. The van der Waals surface area contributed by atoms with E-state index >= 15 is 0 Å². The lowest BCUT2D eigenvalue weighted by Gasteiger charge is -2.25. The van der Waals surface area contributed by atoms with Gasteiger partial charge in [0.1, 0.15) is 18.9 Å². The maximum absolute atomic E-state index is 13.3. The van der Waals surface area contributed by atoms with Gasteiger partial charge < -0.3 is 10.1 Å². The SMILES string of the molecule is Cc1ccccc1OCC(C)NC(=O)CN(c1ccc(Cl)cc1)S(=O)(=O)c1ccccc1. The third kappa shape index (κ3) is 6.02. The summed E-state index contributed by atoms with van der Waals surface area (Å²) in [5, 5.41) is 3.28. The number of rotatable bonds is 9. The molecule has 8 heteroatoms. The molecule has 0 bridgehead atoms. The van der Waals surface area contributed by atoms with E-state index in [1.165, 1.54) is 12.1 Å². The first-order valence-electron chi connectivity index (χ1n) is 10.1. The number of anilines is 1. The van der Waals surface area contributed by atoms with Crippen LogP contribution in [0.15, 0.2) is 83.8 Å². The minimum absolute atomic E-state index is 0.0960. The lowest BCUT2D eigenvalue weighted by molar-refractivity contribution is -0.120. The highest BCUT2D eigenvalue weighted by Crippen LogP contribution is 2.25. The van der Waals surface area contributed by atoms with Crippen molar-refractivity contribution in [1.82, 2.24) is 5.32 Å². The number of halogens is 1. The van der Waals surface area contributed by atoms with Crippen molar-refractivity contribution in [3.63, 3.8) is 0 Å². The maximum Gasteiger partial charge on any atom is 0.264 e. The molecule has 1 unspecified atom stereocenters. The van der Waals surface area contributed by atoms with Crippen molar-refractivity contribution in [3.8, 4) is 5.75 Å². The van der Waals surface area contributed by atoms with E-state index in [0.29, 0.717) is 10.7 Å². The normalized spacial score (nSPS) is 12.1. The zero-order valence-corrected chi connectivity index (χ0v) is 19.4. The highest BCUT2D eigenvalue weighted by molar-refractivity contribution is 7.92. The molecule has 3 aromatic rings. The summed E-state index contributed by atoms with van der Waals surface area (Å²) in [4.78, 5) is 12.9. The average Bonchev–Trinajstić information content (AvgIpc) is 2.78. The van der Waals surface area contributed by atoms with Crippen LogP contribution >= 0.6 is 11.6 Å². The van der Waals surface area contributed by atoms with Gasteiger partial charge >= 0.3 is 0 Å². The Kier molecular flexibility index (Phi) is 7.77. The van der Waals surface area contributed by atoms with Gasteiger partial charge in [0.05, 0.1) is 16.6 Å². The summed E-state index contributed by atoms with van der Waals surface area (Å²) < 4.78 is 33.4. The van der Waals surface area contributed by atoms with Crippen LogP contribution in [0.4, 0.5) is 5.69 Å². The van der Waals surface area contributed by atoms with Crippen molar-refractivity contribution in [3.05, 3.63) is 89.4 Å². The van der Waals surface area contributed by atoms with E-state index in [0.717, 1.165) is 15.6 Å². The third-order valence-corrected chi connectivity index (χ3v) is 6.76. The summed E-state index contributed by atoms with van der Waals surface area (Å²) in [5.74, 6) is 0.295. The molecular weight excluding hydrogens is 448 g/mol. The van der Waals surface area contributed by atoms with Crippen LogP contribution in [0.25, 0.3) is 0 Å². The first kappa shape index (κ1) is 23.6. The van der Waals surface area contributed by atoms with Gasteiger partial charge in [0.15, 0.2) is 0 Å². The van der Waals surface area contributed by atoms with Gasteiger partial charge in [0, 0.05) is 5.02 Å². The van der Waals surface area contributed by atoms with Gasteiger partial charge in [0.2, 0.25) is 5.91 Å². The Morgan fingerprint density at radius 1 is 1.00 bits per heavy atom. The smallest absolute Gasteiger partial charge is 0.264 e. The Morgan fingerprint density at radius 3 is 2.28 bits per heavy atom. The van der Waals surface area contributed by atoms with Crippen LogP contribution in [0.3, 0.4) is 0 Å². The monoisotopic (exact) mass is 472 g/mol. The number of hydrogen-bond donors (Lipinski definition) is 1. The Hall–Kier alpha value is -3.03. The van der Waals surface area contributed by atoms with Crippen molar-refractivity contribution < 1.29 is 17.9 Å². The number of nitrogens with zero attached hydrogens (tertiary/aromatic N) is 1. The van der Waals surface area contributed by atoms with Gasteiger partial charge in [0.25, 0.3) is 10.0 Å². The number of sulfonamides is 1. The molecule has 1 amide bonds. The quantitative estimate of drug-likeness (QED) is 0.500. The van der Waals surface area contributed by atoms with E-state index in [1.54, 1.807) is 49.4 Å². The number of benzene rings is 3. The fourth-order valence-electron chi connectivity index (χ4n) is 3.07. The molecule has 3 rings (SSSR count). The highest BCUT2D eigenvalue weighted by Gasteiger charge is 2.27. The first-order chi connectivity index (χ1) is 15.3. The number of carbonyl (C=O) groups is 1. The molecule has 0 saturated carbocycles. The summed E-state index contributed by atoms with van der Waals surface area (Å²) in [7, 11) is -3.96. The minimum Gasteiger partial charge on any atom is -0.491 e. The summed E-state index contributed by atoms with van der Waals surface area (Å²) in [6, 6.07) is 21.6. The average molecular weight is 473 g/mol. The standard InChI is InChI=1S/C24H25ClN2O4S/c1-18-8-6-7-11-23(18)31-17-19(2)26-24(28)16-27(21-14-12-20(25)13-15-21)32(29,30)22-9-4-3-5-10-22/h3-15,19H,16-17H2,1-2H3,(H,26,28). The molecule has 3 aromatic carbocycles. The predicted octanol–water partition coefficient (Wildman–Crippen LogP) is 4.43. The lowest BCUT2D eigenvalue weighted by Crippen LogP contribution is -2.45. The van der Waals surface area contributed by atoms with E-state index in [-0.39, 0.29) is 24.1 Å². The first-order valence-corrected chi connectivity index (χ1v) is 11.9. The number of ether oxygens (including phenoxy) is 1. The number of aryl methyl sites for hydroxylation is 1. The second kappa shape index (κ2) is 10.5. The predicted molar refractivity (Wildman–Crippen MR) is 127 cm³/mol. The fourth-order valence-corrected chi connectivity index (χ4v) is 4.64. The molecule has 0 fully saturated rings. The molecule has 0 aliphatic heterocycles. The number of amides is 1. The zero-order valence-electron chi connectivity index (χ0n) is 17.9. The number of carbonyl (C=O) groups excluding carboxylic acids is 1. The Labute approximate surface area is 193 Å². The van der Waals surface area contributed by atoms with Gasteiger partial charge in [-0.3, -0.25) is 9.10 Å². The van der Waals surface area contributed by atoms with Crippen LogP contribution in [0, 0.1) is 6.92 Å². The van der Waals surface area contributed by atoms with Crippen LogP contribution in [-0.4, -0.2) is 33.5 Å². The van der Waals surface area contributed by atoms with E-state index < -0.39 is 15.9 Å². The fraction of sp³-hybridized carbons (Fsp3) is 0.208. The molecule has 1 N–H and O–H groups in total. The lowest BCUT2D eigenvalue weighted by atomic mass is 10.2. The van der Waals surface area contributed by atoms with Gasteiger partial charge in [-0.2, -0.15) is 0 Å². The number of hydrogen-bond acceptors (Lipinski definition) is 4. The van der Waals surface area contributed by atoms with Crippen molar-refractivity contribution in [2.45, 2.75) is 24.8 Å². The van der Waals surface area contributed by atoms with E-state index in [2.05, 4.69) is 5.32 Å². The van der Waals surface area contributed by atoms with Crippen molar-refractivity contribution in [2.24, 2.45) is 0 Å². The Balaban J connectivity index is 1.73. The second-order valence-electron chi connectivity index (χ2n) is 7.35. The summed E-state index contributed by atoms with van der Waals surface area (Å²) in [5.41, 5.74) is 1.34.